The van der Waals surface area contributed by atoms with E-state index in [1.165, 1.54) is 0 Å². The minimum Gasteiger partial charge on any atom is -0.479 e. The van der Waals surface area contributed by atoms with Gasteiger partial charge in [-0.1, -0.05) is 0 Å². The van der Waals surface area contributed by atoms with Crippen LogP contribution in [0, 0.1) is 0 Å². The summed E-state index contributed by atoms with van der Waals surface area (Å²) in [5, 5.41) is 25.8. The summed E-state index contributed by atoms with van der Waals surface area (Å²) in [6.07, 6.45) is -4.63. The van der Waals surface area contributed by atoms with E-state index in [4.69, 9.17) is 21.1 Å². The Labute approximate surface area is 100 Å². The fourth-order valence-corrected chi connectivity index (χ4v) is 0.743. The number of hydrogen-bond acceptors (Lipinski definition) is 8. The summed E-state index contributed by atoms with van der Waals surface area (Å²) < 4.78 is 0. The molecule has 0 spiro atoms. The van der Waals surface area contributed by atoms with Crippen LogP contribution in [0.2, 0.25) is 0 Å². The number of aliphatic hydroxyl groups is 1. The lowest BCUT2D eigenvalue weighted by Gasteiger charge is -2.15. The van der Waals surface area contributed by atoms with E-state index < -0.39 is 36.2 Å². The van der Waals surface area contributed by atoms with E-state index in [2.05, 4.69) is 22.4 Å². The number of carboxylic acids is 2. The molecule has 10 heteroatoms. The molecule has 0 radical (unpaired) electrons. The van der Waals surface area contributed by atoms with Crippen LogP contribution in [0.15, 0.2) is 0 Å². The van der Waals surface area contributed by atoms with Crippen molar-refractivity contribution in [2.75, 3.05) is 5.75 Å². The summed E-state index contributed by atoms with van der Waals surface area (Å²) in [7, 11) is 0. The summed E-state index contributed by atoms with van der Waals surface area (Å²) in [6, 6.07) is -1.16. The van der Waals surface area contributed by atoms with Crippen LogP contribution in [-0.4, -0.2) is 57.2 Å². The highest BCUT2D eigenvalue weighted by Gasteiger charge is 2.35. The lowest BCUT2D eigenvalue weighted by atomic mass is 10.2. The molecule has 3 atom stereocenters. The fraction of sp³-hybridized carbons (Fsp3) is 0.571. The van der Waals surface area contributed by atoms with E-state index in [0.29, 0.717) is 0 Å². The van der Waals surface area contributed by atoms with Gasteiger partial charge in [-0.15, -0.1) is 0 Å². The van der Waals surface area contributed by atoms with Crippen molar-refractivity contribution < 1.29 is 39.5 Å². The van der Waals surface area contributed by atoms with E-state index in [0.717, 1.165) is 0 Å². The highest BCUT2D eigenvalue weighted by molar-refractivity contribution is 7.80. The van der Waals surface area contributed by atoms with Gasteiger partial charge in [0.15, 0.2) is 6.10 Å². The Balaban J connectivity index is 4.43. The average Bonchev–Trinajstić information content (AvgIpc) is 2.26. The molecule has 2 unspecified atom stereocenters. The maximum absolute atomic E-state index is 11.0. The van der Waals surface area contributed by atoms with Crippen LogP contribution in [-0.2, 0) is 24.2 Å². The molecular formula is C7H11NO8S. The molecule has 0 aromatic carbocycles. The third kappa shape index (κ3) is 4.99. The molecule has 9 nitrogen and oxygen atoms in total. The lowest BCUT2D eigenvalue weighted by Crippen LogP contribution is -2.43. The van der Waals surface area contributed by atoms with Crippen molar-refractivity contribution in [2.24, 2.45) is 5.73 Å². The third-order valence-corrected chi connectivity index (χ3v) is 1.91. The molecule has 0 amide bonds. The number of carbonyl (C=O) groups excluding carboxylic acids is 1. The largest absolute Gasteiger partial charge is 0.479 e. The first-order chi connectivity index (χ1) is 7.81. The van der Waals surface area contributed by atoms with Crippen molar-refractivity contribution in [1.29, 1.82) is 0 Å². The van der Waals surface area contributed by atoms with Crippen molar-refractivity contribution in [3.8, 4) is 0 Å². The standard InChI is InChI=1S/C7H11NO8S/c8-2(1-17)7(14)16-15-4(6(12)13)3(9)5(10)11/h2-4,9,17H,1,8H2,(H,10,11)(H,12,13)/t2-,3?,4?/m0/s1. The van der Waals surface area contributed by atoms with Gasteiger partial charge in [-0.3, -0.25) is 4.89 Å². The normalized spacial score (nSPS) is 15.7. The molecular weight excluding hydrogens is 258 g/mol. The molecule has 0 fully saturated rings. The van der Waals surface area contributed by atoms with E-state index >= 15 is 0 Å². The zero-order chi connectivity index (χ0) is 13.6. The van der Waals surface area contributed by atoms with Gasteiger partial charge >= 0.3 is 17.9 Å². The fourth-order valence-electron chi connectivity index (χ4n) is 0.594. The number of rotatable bonds is 7. The second-order valence-corrected chi connectivity index (χ2v) is 3.19. The molecule has 0 aromatic rings. The number of nitrogens with two attached hydrogens (primary N) is 1. The average molecular weight is 269 g/mol. The minimum atomic E-state index is -2.38. The van der Waals surface area contributed by atoms with Crippen LogP contribution in [0.5, 0.6) is 0 Å². The smallest absolute Gasteiger partial charge is 0.359 e. The molecule has 0 rings (SSSR count). The van der Waals surface area contributed by atoms with Crippen molar-refractivity contribution in [3.05, 3.63) is 0 Å². The van der Waals surface area contributed by atoms with Crippen LogP contribution >= 0.6 is 12.6 Å². The molecule has 0 heterocycles. The summed E-state index contributed by atoms with van der Waals surface area (Å²) in [4.78, 5) is 39.8. The number of aliphatic carboxylic acids is 2. The summed E-state index contributed by atoms with van der Waals surface area (Å²) in [5.41, 5.74) is 5.16. The van der Waals surface area contributed by atoms with Gasteiger partial charge in [-0.25, -0.2) is 14.4 Å². The van der Waals surface area contributed by atoms with Gasteiger partial charge in [0.05, 0.1) is 0 Å². The van der Waals surface area contributed by atoms with Crippen molar-refractivity contribution >= 4 is 30.5 Å². The molecule has 0 aromatic heterocycles. The Morgan fingerprint density at radius 1 is 1.24 bits per heavy atom. The molecule has 0 saturated carbocycles. The highest BCUT2D eigenvalue weighted by atomic mass is 32.1. The predicted octanol–water partition coefficient (Wildman–Crippen LogP) is -2.38. The second kappa shape index (κ2) is 7.06. The van der Waals surface area contributed by atoms with Gasteiger partial charge < -0.3 is 21.1 Å². The maximum atomic E-state index is 11.0. The summed E-state index contributed by atoms with van der Waals surface area (Å²) in [5.74, 6) is -4.87. The van der Waals surface area contributed by atoms with Crippen molar-refractivity contribution in [2.45, 2.75) is 18.2 Å². The summed E-state index contributed by atoms with van der Waals surface area (Å²) >= 11 is 3.67. The Bertz CT molecular complexity index is 308. The number of hydrogen-bond donors (Lipinski definition) is 5. The van der Waals surface area contributed by atoms with Crippen LogP contribution in [0.1, 0.15) is 0 Å². The van der Waals surface area contributed by atoms with Gasteiger partial charge in [0.2, 0.25) is 6.10 Å². The SMILES string of the molecule is N[C@@H](CS)C(=O)OOC(C(=O)O)C(O)C(=O)O. The molecule has 0 bridgehead atoms. The second-order valence-electron chi connectivity index (χ2n) is 2.83. The van der Waals surface area contributed by atoms with E-state index in [9.17, 15) is 14.4 Å². The minimum absolute atomic E-state index is 0.0819. The zero-order valence-corrected chi connectivity index (χ0v) is 9.24. The third-order valence-electron chi connectivity index (χ3n) is 1.52. The van der Waals surface area contributed by atoms with E-state index in [1.807, 2.05) is 0 Å². The van der Waals surface area contributed by atoms with Crippen LogP contribution in [0.4, 0.5) is 0 Å². The van der Waals surface area contributed by atoms with Gasteiger partial charge in [0, 0.05) is 5.75 Å². The Kier molecular flexibility index (Phi) is 6.50. The highest BCUT2D eigenvalue weighted by Crippen LogP contribution is 2.03. The lowest BCUT2D eigenvalue weighted by molar-refractivity contribution is -0.306. The van der Waals surface area contributed by atoms with E-state index in [1.54, 1.807) is 0 Å². The molecule has 0 aliphatic heterocycles. The molecule has 0 saturated heterocycles. The maximum Gasteiger partial charge on any atom is 0.359 e. The number of carbonyl (C=O) groups is 3. The van der Waals surface area contributed by atoms with Crippen LogP contribution in [0.3, 0.4) is 0 Å². The monoisotopic (exact) mass is 269 g/mol. The van der Waals surface area contributed by atoms with Crippen molar-refractivity contribution in [1.82, 2.24) is 0 Å². The Hall–Kier alpha value is -1.36. The first-order valence-electron chi connectivity index (χ1n) is 4.18. The topological polar surface area (TPSA) is 156 Å². The first-order valence-corrected chi connectivity index (χ1v) is 4.81. The van der Waals surface area contributed by atoms with Crippen LogP contribution in [0.25, 0.3) is 0 Å². The predicted molar refractivity (Wildman–Crippen MR) is 54.1 cm³/mol. The Morgan fingerprint density at radius 3 is 2.12 bits per heavy atom. The summed E-state index contributed by atoms with van der Waals surface area (Å²) in [6.45, 7) is 0. The van der Waals surface area contributed by atoms with Gasteiger partial charge in [0.1, 0.15) is 6.04 Å². The van der Waals surface area contributed by atoms with Crippen molar-refractivity contribution in [3.63, 3.8) is 0 Å². The van der Waals surface area contributed by atoms with Gasteiger partial charge in [0.25, 0.3) is 0 Å². The molecule has 0 aliphatic rings. The molecule has 0 aliphatic carbocycles. The quantitative estimate of drug-likeness (QED) is 0.193. The number of aliphatic hydroxyl groups excluding tert-OH is 1. The van der Waals surface area contributed by atoms with Gasteiger partial charge in [-0.05, 0) is 0 Å². The molecule has 98 valence electrons. The number of thiol groups is 1. The van der Waals surface area contributed by atoms with Gasteiger partial charge in [-0.2, -0.15) is 17.5 Å². The Morgan fingerprint density at radius 2 is 1.76 bits per heavy atom. The number of carboxylic acid groups (broad SMARTS) is 2. The zero-order valence-electron chi connectivity index (χ0n) is 8.35. The molecule has 5 N–H and O–H groups in total. The van der Waals surface area contributed by atoms with E-state index in [-0.39, 0.29) is 5.75 Å². The van der Waals surface area contributed by atoms with Crippen LogP contribution < -0.4 is 5.73 Å². The molecule has 17 heavy (non-hydrogen) atoms. The first kappa shape index (κ1) is 15.6.